The van der Waals surface area contributed by atoms with Crippen LogP contribution < -0.4 is 0 Å². The number of aliphatic hydroxyl groups excluding tert-OH is 1. The van der Waals surface area contributed by atoms with Gasteiger partial charge in [0.25, 0.3) is 0 Å². The van der Waals surface area contributed by atoms with Crippen LogP contribution in [0.15, 0.2) is 12.1 Å². The molecule has 0 saturated carbocycles. The largest absolute Gasteiger partial charge is 0.391 e. The van der Waals surface area contributed by atoms with Crippen LogP contribution in [0, 0.1) is 27.7 Å². The van der Waals surface area contributed by atoms with E-state index in [1.165, 1.54) is 22.3 Å². The van der Waals surface area contributed by atoms with Crippen molar-refractivity contribution in [1.82, 2.24) is 4.98 Å². The summed E-state index contributed by atoms with van der Waals surface area (Å²) in [6.45, 7) is 8.35. The van der Waals surface area contributed by atoms with Crippen molar-refractivity contribution in [3.63, 3.8) is 0 Å². The molecule has 0 fully saturated rings. The minimum Gasteiger partial charge on any atom is -0.391 e. The number of rotatable bonds is 2. The Labute approximate surface area is 106 Å². The molecule has 0 amide bonds. The molecule has 90 valence electrons. The molecule has 0 saturated heterocycles. The van der Waals surface area contributed by atoms with Crippen LogP contribution in [-0.4, -0.2) is 10.1 Å². The zero-order valence-electron chi connectivity index (χ0n) is 10.7. The third-order valence-electron chi connectivity index (χ3n) is 2.86. The second-order valence-electron chi connectivity index (χ2n) is 4.44. The third kappa shape index (κ3) is 2.26. The number of thiazole rings is 1. The minimum absolute atomic E-state index is 0.0631. The van der Waals surface area contributed by atoms with Gasteiger partial charge in [-0.25, -0.2) is 4.98 Å². The minimum atomic E-state index is 0.0631. The number of hydrogen-bond donors (Lipinski definition) is 1. The number of hydrogen-bond acceptors (Lipinski definition) is 3. The Morgan fingerprint density at radius 3 is 2.24 bits per heavy atom. The SMILES string of the molecule is Cc1cc(C)c(-c2nc(C)sc2CO)c(C)c1. The lowest BCUT2D eigenvalue weighted by atomic mass is 9.97. The van der Waals surface area contributed by atoms with Gasteiger partial charge in [-0.15, -0.1) is 11.3 Å². The summed E-state index contributed by atoms with van der Waals surface area (Å²) in [5.74, 6) is 0. The van der Waals surface area contributed by atoms with Gasteiger partial charge in [-0.3, -0.25) is 0 Å². The van der Waals surface area contributed by atoms with E-state index in [0.29, 0.717) is 0 Å². The predicted octanol–water partition coefficient (Wildman–Crippen LogP) is 3.54. The number of aromatic nitrogens is 1. The van der Waals surface area contributed by atoms with E-state index in [4.69, 9.17) is 0 Å². The van der Waals surface area contributed by atoms with Crippen molar-refractivity contribution in [2.45, 2.75) is 34.3 Å². The first kappa shape index (κ1) is 12.3. The summed E-state index contributed by atoms with van der Waals surface area (Å²) in [5.41, 5.74) is 5.83. The summed E-state index contributed by atoms with van der Waals surface area (Å²) in [4.78, 5) is 5.52. The molecular formula is C14H17NOS. The van der Waals surface area contributed by atoms with Gasteiger partial charge in [0.05, 0.1) is 22.2 Å². The molecule has 1 N–H and O–H groups in total. The molecular weight excluding hydrogens is 230 g/mol. The van der Waals surface area contributed by atoms with E-state index in [9.17, 15) is 5.11 Å². The second-order valence-corrected chi connectivity index (χ2v) is 5.72. The summed E-state index contributed by atoms with van der Waals surface area (Å²) in [5, 5.41) is 10.4. The topological polar surface area (TPSA) is 33.1 Å². The average Bonchev–Trinajstić information content (AvgIpc) is 2.58. The maximum absolute atomic E-state index is 9.40. The molecule has 1 heterocycles. The van der Waals surface area contributed by atoms with E-state index >= 15 is 0 Å². The molecule has 0 radical (unpaired) electrons. The Morgan fingerprint density at radius 1 is 1.12 bits per heavy atom. The zero-order chi connectivity index (χ0) is 12.6. The van der Waals surface area contributed by atoms with Gasteiger partial charge in [-0.05, 0) is 38.8 Å². The van der Waals surface area contributed by atoms with Gasteiger partial charge in [-0.1, -0.05) is 17.7 Å². The highest BCUT2D eigenvalue weighted by Crippen LogP contribution is 2.33. The van der Waals surface area contributed by atoms with Crippen LogP contribution in [0.5, 0.6) is 0 Å². The van der Waals surface area contributed by atoms with Crippen molar-refractivity contribution in [3.8, 4) is 11.3 Å². The number of aryl methyl sites for hydroxylation is 4. The van der Waals surface area contributed by atoms with E-state index in [0.717, 1.165) is 15.6 Å². The quantitative estimate of drug-likeness (QED) is 0.880. The van der Waals surface area contributed by atoms with Crippen molar-refractivity contribution >= 4 is 11.3 Å². The smallest absolute Gasteiger partial charge is 0.0905 e. The van der Waals surface area contributed by atoms with Crippen molar-refractivity contribution < 1.29 is 5.11 Å². The average molecular weight is 247 g/mol. The fraction of sp³-hybridized carbons (Fsp3) is 0.357. The molecule has 2 nitrogen and oxygen atoms in total. The Bertz CT molecular complexity index is 534. The van der Waals surface area contributed by atoms with E-state index in [-0.39, 0.29) is 6.61 Å². The fourth-order valence-electron chi connectivity index (χ4n) is 2.33. The van der Waals surface area contributed by atoms with Crippen LogP contribution in [0.4, 0.5) is 0 Å². The lowest BCUT2D eigenvalue weighted by Crippen LogP contribution is -1.93. The van der Waals surface area contributed by atoms with Crippen LogP contribution in [0.2, 0.25) is 0 Å². The van der Waals surface area contributed by atoms with Gasteiger partial charge >= 0.3 is 0 Å². The molecule has 3 heteroatoms. The van der Waals surface area contributed by atoms with Gasteiger partial charge in [0.15, 0.2) is 0 Å². The maximum atomic E-state index is 9.40. The first-order valence-electron chi connectivity index (χ1n) is 5.68. The van der Waals surface area contributed by atoms with E-state index < -0.39 is 0 Å². The molecule has 2 aromatic rings. The van der Waals surface area contributed by atoms with Gasteiger partial charge in [0, 0.05) is 5.56 Å². The fourth-order valence-corrected chi connectivity index (χ4v) is 3.13. The van der Waals surface area contributed by atoms with Gasteiger partial charge < -0.3 is 5.11 Å². The lowest BCUT2D eigenvalue weighted by molar-refractivity contribution is 0.286. The molecule has 0 spiro atoms. The Balaban J connectivity index is 2.67. The molecule has 0 aliphatic carbocycles. The molecule has 17 heavy (non-hydrogen) atoms. The molecule has 1 aromatic carbocycles. The van der Waals surface area contributed by atoms with Crippen LogP contribution in [0.1, 0.15) is 26.6 Å². The van der Waals surface area contributed by atoms with Gasteiger partial charge in [-0.2, -0.15) is 0 Å². The Hall–Kier alpha value is -1.19. The molecule has 2 rings (SSSR count). The first-order chi connectivity index (χ1) is 8.02. The van der Waals surface area contributed by atoms with Crippen molar-refractivity contribution in [2.75, 3.05) is 0 Å². The Kier molecular flexibility index (Phi) is 3.31. The first-order valence-corrected chi connectivity index (χ1v) is 6.50. The van der Waals surface area contributed by atoms with E-state index in [1.54, 1.807) is 11.3 Å². The van der Waals surface area contributed by atoms with Gasteiger partial charge in [0.2, 0.25) is 0 Å². The van der Waals surface area contributed by atoms with Crippen LogP contribution >= 0.6 is 11.3 Å². The van der Waals surface area contributed by atoms with Gasteiger partial charge in [0.1, 0.15) is 0 Å². The summed E-state index contributed by atoms with van der Waals surface area (Å²) < 4.78 is 0. The Morgan fingerprint density at radius 2 is 1.71 bits per heavy atom. The standard InChI is InChI=1S/C14H17NOS/c1-8-5-9(2)13(10(3)6-8)14-12(7-16)17-11(4)15-14/h5-6,16H,7H2,1-4H3. The summed E-state index contributed by atoms with van der Waals surface area (Å²) >= 11 is 1.57. The highest BCUT2D eigenvalue weighted by molar-refractivity contribution is 7.12. The summed E-state index contributed by atoms with van der Waals surface area (Å²) in [7, 11) is 0. The lowest BCUT2D eigenvalue weighted by Gasteiger charge is -2.10. The molecule has 0 atom stereocenters. The predicted molar refractivity (Wildman–Crippen MR) is 72.4 cm³/mol. The number of benzene rings is 1. The molecule has 0 aliphatic heterocycles. The summed E-state index contributed by atoms with van der Waals surface area (Å²) in [6, 6.07) is 4.33. The van der Waals surface area contributed by atoms with Crippen molar-refractivity contribution in [1.29, 1.82) is 0 Å². The van der Waals surface area contributed by atoms with Crippen molar-refractivity contribution in [3.05, 3.63) is 38.7 Å². The highest BCUT2D eigenvalue weighted by Gasteiger charge is 2.14. The maximum Gasteiger partial charge on any atom is 0.0905 e. The number of nitrogens with zero attached hydrogens (tertiary/aromatic N) is 1. The third-order valence-corrected chi connectivity index (χ3v) is 3.82. The molecule has 0 bridgehead atoms. The van der Waals surface area contributed by atoms with Crippen LogP contribution in [0.3, 0.4) is 0 Å². The van der Waals surface area contributed by atoms with E-state index in [1.807, 2.05) is 6.92 Å². The van der Waals surface area contributed by atoms with Crippen LogP contribution in [0.25, 0.3) is 11.3 Å². The zero-order valence-corrected chi connectivity index (χ0v) is 11.5. The van der Waals surface area contributed by atoms with Crippen LogP contribution in [-0.2, 0) is 6.61 Å². The normalized spacial score (nSPS) is 10.9. The monoisotopic (exact) mass is 247 g/mol. The van der Waals surface area contributed by atoms with Crippen molar-refractivity contribution in [2.24, 2.45) is 0 Å². The van der Waals surface area contributed by atoms with E-state index in [2.05, 4.69) is 37.9 Å². The number of aliphatic hydroxyl groups is 1. The molecule has 0 aliphatic rings. The highest BCUT2D eigenvalue weighted by atomic mass is 32.1. The second kappa shape index (κ2) is 4.59. The summed E-state index contributed by atoms with van der Waals surface area (Å²) in [6.07, 6.45) is 0. The molecule has 1 aromatic heterocycles. The molecule has 0 unspecified atom stereocenters.